The zero-order valence-electron chi connectivity index (χ0n) is 12.0. The largest absolute Gasteiger partial charge is 0.332 e. The first-order valence-corrected chi connectivity index (χ1v) is 7.99. The average molecular weight is 378 g/mol. The van der Waals surface area contributed by atoms with Crippen molar-refractivity contribution >= 4 is 15.9 Å². The predicted octanol–water partition coefficient (Wildman–Crippen LogP) is 3.16. The van der Waals surface area contributed by atoms with E-state index in [1.54, 1.807) is 23.0 Å². The lowest BCUT2D eigenvalue weighted by atomic mass is 9.77. The highest BCUT2D eigenvalue weighted by molar-refractivity contribution is 9.10. The number of benzene rings is 1. The second-order valence-corrected chi connectivity index (χ2v) is 6.53. The molecule has 0 spiro atoms. The normalized spacial score (nSPS) is 16.3. The molecule has 6 nitrogen and oxygen atoms in total. The molecule has 0 radical (unpaired) electrons. The Morgan fingerprint density at radius 1 is 1.26 bits per heavy atom. The molecule has 1 fully saturated rings. The maximum atomic E-state index is 13.0. The topological polar surface area (TPSA) is 82.8 Å². The third kappa shape index (κ3) is 2.47. The Labute approximate surface area is 139 Å². The Morgan fingerprint density at radius 2 is 2.00 bits per heavy atom. The molecule has 8 heteroatoms. The summed E-state index contributed by atoms with van der Waals surface area (Å²) in [6, 6.07) is 6.04. The molecule has 2 aromatic heterocycles. The minimum atomic E-state index is -0.478. The van der Waals surface area contributed by atoms with Gasteiger partial charge >= 0.3 is 0 Å². The van der Waals surface area contributed by atoms with Gasteiger partial charge in [-0.2, -0.15) is 10.1 Å². The molecule has 0 aliphatic heterocycles. The van der Waals surface area contributed by atoms with Crippen molar-refractivity contribution in [2.24, 2.45) is 5.73 Å². The SMILES string of the molecule is NC1(c2noc(-c3nn(-c4ccc(F)cc4)cc3Br)n2)CCC1. The van der Waals surface area contributed by atoms with Crippen molar-refractivity contribution in [3.05, 3.63) is 46.6 Å². The van der Waals surface area contributed by atoms with Crippen molar-refractivity contribution in [3.8, 4) is 17.3 Å². The number of nitrogens with two attached hydrogens (primary N) is 1. The molecular formula is C15H13BrFN5O. The molecule has 0 amide bonds. The smallest absolute Gasteiger partial charge is 0.279 e. The predicted molar refractivity (Wildman–Crippen MR) is 84.2 cm³/mol. The van der Waals surface area contributed by atoms with Crippen LogP contribution in [0.4, 0.5) is 4.39 Å². The Morgan fingerprint density at radius 3 is 2.65 bits per heavy atom. The van der Waals surface area contributed by atoms with Crippen LogP contribution in [0.2, 0.25) is 0 Å². The molecule has 2 heterocycles. The van der Waals surface area contributed by atoms with Crippen molar-refractivity contribution in [2.75, 3.05) is 0 Å². The summed E-state index contributed by atoms with van der Waals surface area (Å²) in [4.78, 5) is 4.39. The molecular weight excluding hydrogens is 365 g/mol. The summed E-state index contributed by atoms with van der Waals surface area (Å²) in [5.74, 6) is 0.530. The Balaban J connectivity index is 1.68. The van der Waals surface area contributed by atoms with Crippen LogP contribution in [0.3, 0.4) is 0 Å². The maximum Gasteiger partial charge on any atom is 0.279 e. The van der Waals surface area contributed by atoms with Gasteiger partial charge in [-0.3, -0.25) is 0 Å². The number of hydrogen-bond acceptors (Lipinski definition) is 5. The molecule has 0 saturated heterocycles. The fourth-order valence-corrected chi connectivity index (χ4v) is 2.97. The van der Waals surface area contributed by atoms with Gasteiger partial charge in [0.1, 0.15) is 5.82 Å². The summed E-state index contributed by atoms with van der Waals surface area (Å²) in [6.07, 6.45) is 4.55. The number of aromatic nitrogens is 4. The summed E-state index contributed by atoms with van der Waals surface area (Å²) in [6.45, 7) is 0. The van der Waals surface area contributed by atoms with Crippen LogP contribution in [-0.2, 0) is 5.54 Å². The van der Waals surface area contributed by atoms with Gasteiger partial charge in [0.05, 0.1) is 15.7 Å². The highest BCUT2D eigenvalue weighted by atomic mass is 79.9. The van der Waals surface area contributed by atoms with E-state index in [0.29, 0.717) is 21.9 Å². The molecule has 1 aliphatic rings. The van der Waals surface area contributed by atoms with Crippen LogP contribution in [0.5, 0.6) is 0 Å². The molecule has 4 rings (SSSR count). The highest BCUT2D eigenvalue weighted by Gasteiger charge is 2.39. The molecule has 0 bridgehead atoms. The first-order valence-electron chi connectivity index (χ1n) is 7.20. The zero-order chi connectivity index (χ0) is 16.0. The van der Waals surface area contributed by atoms with E-state index in [2.05, 4.69) is 31.2 Å². The van der Waals surface area contributed by atoms with E-state index < -0.39 is 5.54 Å². The van der Waals surface area contributed by atoms with Crippen molar-refractivity contribution in [1.82, 2.24) is 19.9 Å². The van der Waals surface area contributed by atoms with Gasteiger partial charge in [0, 0.05) is 6.20 Å². The van der Waals surface area contributed by atoms with Crippen LogP contribution in [-0.4, -0.2) is 19.9 Å². The van der Waals surface area contributed by atoms with E-state index in [1.807, 2.05) is 0 Å². The van der Waals surface area contributed by atoms with E-state index in [-0.39, 0.29) is 5.82 Å². The Hall–Kier alpha value is -2.06. The third-order valence-corrected chi connectivity index (χ3v) is 4.66. The van der Waals surface area contributed by atoms with Gasteiger partial charge in [0.25, 0.3) is 5.89 Å². The molecule has 3 aromatic rings. The highest BCUT2D eigenvalue weighted by Crippen LogP contribution is 2.38. The van der Waals surface area contributed by atoms with Crippen LogP contribution in [0.25, 0.3) is 17.3 Å². The van der Waals surface area contributed by atoms with Crippen LogP contribution < -0.4 is 5.73 Å². The Kier molecular flexibility index (Phi) is 3.31. The molecule has 1 aromatic carbocycles. The van der Waals surface area contributed by atoms with Crippen molar-refractivity contribution < 1.29 is 8.91 Å². The van der Waals surface area contributed by atoms with Crippen LogP contribution in [0, 0.1) is 5.82 Å². The summed E-state index contributed by atoms with van der Waals surface area (Å²) in [7, 11) is 0. The molecule has 0 atom stereocenters. The lowest BCUT2D eigenvalue weighted by molar-refractivity contribution is 0.229. The zero-order valence-corrected chi connectivity index (χ0v) is 13.6. The first-order chi connectivity index (χ1) is 11.0. The molecule has 1 saturated carbocycles. The van der Waals surface area contributed by atoms with Gasteiger partial charge in [-0.15, -0.1) is 0 Å². The summed E-state index contributed by atoms with van der Waals surface area (Å²) in [5, 5.41) is 8.42. The van der Waals surface area contributed by atoms with Gasteiger partial charge in [0.2, 0.25) is 0 Å². The second kappa shape index (κ2) is 5.24. The summed E-state index contributed by atoms with van der Waals surface area (Å²) in [5.41, 5.74) is 6.98. The molecule has 1 aliphatic carbocycles. The maximum absolute atomic E-state index is 13.0. The quantitative estimate of drug-likeness (QED) is 0.757. The molecule has 23 heavy (non-hydrogen) atoms. The van der Waals surface area contributed by atoms with E-state index in [4.69, 9.17) is 10.3 Å². The van der Waals surface area contributed by atoms with Crippen LogP contribution >= 0.6 is 15.9 Å². The van der Waals surface area contributed by atoms with Gasteiger partial charge < -0.3 is 10.3 Å². The van der Waals surface area contributed by atoms with Gasteiger partial charge in [0.15, 0.2) is 11.5 Å². The monoisotopic (exact) mass is 377 g/mol. The molecule has 0 unspecified atom stereocenters. The van der Waals surface area contributed by atoms with E-state index >= 15 is 0 Å². The summed E-state index contributed by atoms with van der Waals surface area (Å²) >= 11 is 3.44. The van der Waals surface area contributed by atoms with E-state index in [9.17, 15) is 4.39 Å². The van der Waals surface area contributed by atoms with E-state index in [0.717, 1.165) is 24.9 Å². The number of hydrogen-bond donors (Lipinski definition) is 1. The standard InChI is InChI=1S/C15H13BrFN5O/c16-11-8-22(10-4-2-9(17)3-5-10)20-12(11)13-19-14(21-23-13)15(18)6-1-7-15/h2-5,8H,1,6-7,18H2. The first kappa shape index (κ1) is 14.5. The molecule has 118 valence electrons. The van der Waals surface area contributed by atoms with Crippen molar-refractivity contribution in [1.29, 1.82) is 0 Å². The molecule has 2 N–H and O–H groups in total. The number of halogens is 2. The van der Waals surface area contributed by atoms with Crippen molar-refractivity contribution in [3.63, 3.8) is 0 Å². The average Bonchev–Trinajstić information content (AvgIpc) is 3.12. The lowest BCUT2D eigenvalue weighted by Crippen LogP contribution is -2.44. The minimum Gasteiger partial charge on any atom is -0.332 e. The van der Waals surface area contributed by atoms with E-state index in [1.165, 1.54) is 12.1 Å². The number of rotatable bonds is 3. The van der Waals surface area contributed by atoms with Gasteiger partial charge in [-0.25, -0.2) is 9.07 Å². The lowest BCUT2D eigenvalue weighted by Gasteiger charge is -2.34. The van der Waals surface area contributed by atoms with Crippen molar-refractivity contribution in [2.45, 2.75) is 24.8 Å². The van der Waals surface area contributed by atoms with Crippen LogP contribution in [0.1, 0.15) is 25.1 Å². The fraction of sp³-hybridized carbons (Fsp3) is 0.267. The minimum absolute atomic E-state index is 0.296. The Bertz CT molecular complexity index is 853. The van der Waals surface area contributed by atoms with Gasteiger partial charge in [-0.05, 0) is 59.5 Å². The third-order valence-electron chi connectivity index (χ3n) is 4.08. The summed E-state index contributed by atoms with van der Waals surface area (Å²) < 4.78 is 20.7. The van der Waals surface area contributed by atoms with Gasteiger partial charge in [-0.1, -0.05) is 5.16 Å². The van der Waals surface area contributed by atoms with Crippen LogP contribution in [0.15, 0.2) is 39.5 Å². The second-order valence-electron chi connectivity index (χ2n) is 5.68. The fourth-order valence-electron chi connectivity index (χ4n) is 2.53. The number of nitrogens with zero attached hydrogens (tertiary/aromatic N) is 4.